The zero-order valence-electron chi connectivity index (χ0n) is 8.16. The van der Waals surface area contributed by atoms with Crippen LogP contribution in [0.2, 0.25) is 0 Å². The maximum Gasteiger partial charge on any atom is 0.183 e. The van der Waals surface area contributed by atoms with Gasteiger partial charge in [0.05, 0.1) is 0 Å². The van der Waals surface area contributed by atoms with Crippen LogP contribution in [0.25, 0.3) is 0 Å². The fourth-order valence-corrected chi connectivity index (χ4v) is 2.87. The first-order valence-corrected chi connectivity index (χ1v) is 6.47. The van der Waals surface area contributed by atoms with Gasteiger partial charge in [-0.1, -0.05) is 0 Å². The Bertz CT molecular complexity index is 294. The van der Waals surface area contributed by atoms with Gasteiger partial charge in [0.15, 0.2) is 5.13 Å². The third-order valence-electron chi connectivity index (χ3n) is 2.52. The molecule has 0 aromatic carbocycles. The summed E-state index contributed by atoms with van der Waals surface area (Å²) in [5.74, 6) is 0. The summed E-state index contributed by atoms with van der Waals surface area (Å²) in [5, 5.41) is 6.52. The lowest BCUT2D eigenvalue weighted by Gasteiger charge is -2.29. The molecule has 0 radical (unpaired) electrons. The molecule has 2 rings (SSSR count). The Morgan fingerprint density at radius 2 is 2.29 bits per heavy atom. The number of rotatable bonds is 2. The van der Waals surface area contributed by atoms with E-state index in [9.17, 15) is 0 Å². The molecule has 0 amide bonds. The van der Waals surface area contributed by atoms with E-state index in [2.05, 4.69) is 38.2 Å². The minimum absolute atomic E-state index is 0.601. The summed E-state index contributed by atoms with van der Waals surface area (Å²) in [5.41, 5.74) is 0. The molecule has 1 aromatic heterocycles. The molecule has 1 saturated heterocycles. The fourth-order valence-electron chi connectivity index (χ4n) is 1.65. The fraction of sp³-hybridized carbons (Fsp3) is 0.667. The maximum absolute atomic E-state index is 4.33. The highest BCUT2D eigenvalue weighted by Gasteiger charge is 2.16. The summed E-state index contributed by atoms with van der Waals surface area (Å²) in [6, 6.07) is 0.601. The minimum Gasteiger partial charge on any atom is -0.359 e. The van der Waals surface area contributed by atoms with Crippen molar-refractivity contribution in [1.29, 1.82) is 0 Å². The van der Waals surface area contributed by atoms with E-state index in [-0.39, 0.29) is 0 Å². The predicted molar refractivity (Wildman–Crippen MR) is 64.0 cm³/mol. The van der Waals surface area contributed by atoms with Gasteiger partial charge < -0.3 is 10.2 Å². The van der Waals surface area contributed by atoms with Crippen molar-refractivity contribution in [2.75, 3.05) is 25.5 Å². The van der Waals surface area contributed by atoms with Crippen LogP contribution in [0.1, 0.15) is 12.8 Å². The molecule has 0 bridgehead atoms. The van der Waals surface area contributed by atoms with E-state index in [0.29, 0.717) is 6.04 Å². The van der Waals surface area contributed by atoms with Crippen molar-refractivity contribution in [3.63, 3.8) is 0 Å². The van der Waals surface area contributed by atoms with Crippen LogP contribution in [-0.2, 0) is 0 Å². The Labute approximate surface area is 96.7 Å². The molecule has 1 aromatic rings. The monoisotopic (exact) mass is 275 g/mol. The molecule has 1 N–H and O–H groups in total. The molecule has 1 aliphatic heterocycles. The number of hydrogen-bond donors (Lipinski definition) is 1. The lowest BCUT2D eigenvalue weighted by molar-refractivity contribution is 0.264. The van der Waals surface area contributed by atoms with Crippen LogP contribution in [0.3, 0.4) is 0 Å². The number of nitrogens with one attached hydrogen (secondary N) is 1. The molecule has 0 aliphatic carbocycles. The van der Waals surface area contributed by atoms with Crippen molar-refractivity contribution in [3.8, 4) is 0 Å². The summed E-state index contributed by atoms with van der Waals surface area (Å²) in [6.45, 7) is 2.37. The molecule has 2 heterocycles. The molecule has 0 unspecified atom stereocenters. The highest BCUT2D eigenvalue weighted by molar-refractivity contribution is 9.10. The number of nitrogens with zero attached hydrogens (tertiary/aromatic N) is 2. The largest absolute Gasteiger partial charge is 0.359 e. The SMILES string of the molecule is CN1CCC(Nc2nc(Br)cs2)CC1. The standard InChI is InChI=1S/C9H14BrN3S/c1-13-4-2-7(3-5-13)11-9-12-8(10)6-14-9/h6-7H,2-5H2,1H3,(H,11,12). The van der Waals surface area contributed by atoms with E-state index in [1.54, 1.807) is 11.3 Å². The molecule has 0 saturated carbocycles. The highest BCUT2D eigenvalue weighted by Crippen LogP contribution is 2.22. The molecular weight excluding hydrogens is 262 g/mol. The zero-order valence-corrected chi connectivity index (χ0v) is 10.6. The van der Waals surface area contributed by atoms with Crippen molar-refractivity contribution >= 4 is 32.4 Å². The molecule has 14 heavy (non-hydrogen) atoms. The third-order valence-corrected chi connectivity index (χ3v) is 4.01. The number of likely N-dealkylation sites (tertiary alicyclic amines) is 1. The summed E-state index contributed by atoms with van der Waals surface area (Å²) < 4.78 is 0.929. The molecule has 1 aliphatic rings. The van der Waals surface area contributed by atoms with Gasteiger partial charge in [-0.3, -0.25) is 0 Å². The van der Waals surface area contributed by atoms with Gasteiger partial charge in [0, 0.05) is 11.4 Å². The topological polar surface area (TPSA) is 28.2 Å². The van der Waals surface area contributed by atoms with E-state index < -0.39 is 0 Å². The molecule has 3 nitrogen and oxygen atoms in total. The van der Waals surface area contributed by atoms with Gasteiger partial charge in [0.2, 0.25) is 0 Å². The normalized spacial score (nSPS) is 19.9. The summed E-state index contributed by atoms with van der Waals surface area (Å²) in [6.07, 6.45) is 2.43. The lowest BCUT2D eigenvalue weighted by Crippen LogP contribution is -2.36. The van der Waals surface area contributed by atoms with Gasteiger partial charge in [0.1, 0.15) is 4.60 Å². The Hall–Kier alpha value is -0.130. The van der Waals surface area contributed by atoms with Gasteiger partial charge in [-0.2, -0.15) is 0 Å². The van der Waals surface area contributed by atoms with E-state index in [4.69, 9.17) is 0 Å². The van der Waals surface area contributed by atoms with Crippen LogP contribution >= 0.6 is 27.3 Å². The van der Waals surface area contributed by atoms with E-state index in [1.165, 1.54) is 25.9 Å². The van der Waals surface area contributed by atoms with Crippen LogP contribution in [0.4, 0.5) is 5.13 Å². The van der Waals surface area contributed by atoms with Crippen molar-refractivity contribution in [2.24, 2.45) is 0 Å². The Morgan fingerprint density at radius 3 is 2.86 bits per heavy atom. The first kappa shape index (κ1) is 10.4. The van der Waals surface area contributed by atoms with E-state index >= 15 is 0 Å². The molecule has 0 atom stereocenters. The number of anilines is 1. The van der Waals surface area contributed by atoms with E-state index in [0.717, 1.165) is 9.73 Å². The Kier molecular flexibility index (Phi) is 3.41. The van der Waals surface area contributed by atoms with Crippen molar-refractivity contribution in [2.45, 2.75) is 18.9 Å². The summed E-state index contributed by atoms with van der Waals surface area (Å²) in [4.78, 5) is 6.71. The number of halogens is 1. The third kappa shape index (κ3) is 2.68. The quantitative estimate of drug-likeness (QED) is 0.899. The minimum atomic E-state index is 0.601. The second-order valence-electron chi connectivity index (χ2n) is 3.70. The van der Waals surface area contributed by atoms with Gasteiger partial charge in [-0.05, 0) is 48.9 Å². The number of aromatic nitrogens is 1. The van der Waals surface area contributed by atoms with Crippen LogP contribution in [-0.4, -0.2) is 36.1 Å². The van der Waals surface area contributed by atoms with Crippen LogP contribution in [0.15, 0.2) is 9.98 Å². The first-order chi connectivity index (χ1) is 6.74. The number of hydrogen-bond acceptors (Lipinski definition) is 4. The Morgan fingerprint density at radius 1 is 1.57 bits per heavy atom. The van der Waals surface area contributed by atoms with Gasteiger partial charge >= 0.3 is 0 Å². The average molecular weight is 276 g/mol. The highest BCUT2D eigenvalue weighted by atomic mass is 79.9. The number of thiazole rings is 1. The second-order valence-corrected chi connectivity index (χ2v) is 5.37. The second kappa shape index (κ2) is 4.59. The van der Waals surface area contributed by atoms with Crippen LogP contribution < -0.4 is 5.32 Å². The predicted octanol–water partition coefficient (Wildman–Crippen LogP) is 2.41. The van der Waals surface area contributed by atoms with Crippen molar-refractivity contribution in [3.05, 3.63) is 9.98 Å². The van der Waals surface area contributed by atoms with Crippen molar-refractivity contribution < 1.29 is 0 Å². The molecule has 78 valence electrons. The maximum atomic E-state index is 4.33. The van der Waals surface area contributed by atoms with Gasteiger partial charge in [-0.15, -0.1) is 11.3 Å². The zero-order chi connectivity index (χ0) is 9.97. The average Bonchev–Trinajstić information content (AvgIpc) is 2.56. The molecular formula is C9H14BrN3S. The molecule has 0 spiro atoms. The van der Waals surface area contributed by atoms with E-state index in [1.807, 2.05) is 5.38 Å². The molecule has 1 fully saturated rings. The summed E-state index contributed by atoms with van der Waals surface area (Å²) >= 11 is 5.02. The summed E-state index contributed by atoms with van der Waals surface area (Å²) in [7, 11) is 2.18. The van der Waals surface area contributed by atoms with Crippen LogP contribution in [0, 0.1) is 0 Å². The van der Waals surface area contributed by atoms with Gasteiger partial charge in [0.25, 0.3) is 0 Å². The molecule has 5 heteroatoms. The van der Waals surface area contributed by atoms with Crippen molar-refractivity contribution in [1.82, 2.24) is 9.88 Å². The van der Waals surface area contributed by atoms with Gasteiger partial charge in [-0.25, -0.2) is 4.98 Å². The lowest BCUT2D eigenvalue weighted by atomic mass is 10.1. The number of piperidine rings is 1. The smallest absolute Gasteiger partial charge is 0.183 e. The van der Waals surface area contributed by atoms with Crippen LogP contribution in [0.5, 0.6) is 0 Å². The first-order valence-electron chi connectivity index (χ1n) is 4.80. The Balaban J connectivity index is 1.86.